The molecule has 1 aromatic rings. The molecule has 0 spiro atoms. The molecule has 0 heterocycles. The lowest BCUT2D eigenvalue weighted by Crippen LogP contribution is -2.29. The number of benzene rings is 1. The molecule has 1 N–H and O–H groups in total. The summed E-state index contributed by atoms with van der Waals surface area (Å²) in [5.74, 6) is 0.618. The molecule has 1 aromatic carbocycles. The first-order valence-electron chi connectivity index (χ1n) is 6.84. The molecule has 0 bridgehead atoms. The Morgan fingerprint density at radius 2 is 1.84 bits per heavy atom. The number of aryl methyl sites for hydroxylation is 1. The lowest BCUT2D eigenvalue weighted by molar-refractivity contribution is -0.119. The monoisotopic (exact) mass is 279 g/mol. The van der Waals surface area contributed by atoms with E-state index in [9.17, 15) is 4.79 Å². The van der Waals surface area contributed by atoms with Crippen molar-refractivity contribution in [2.75, 3.05) is 5.75 Å². The van der Waals surface area contributed by atoms with Gasteiger partial charge in [0.2, 0.25) is 5.91 Å². The van der Waals surface area contributed by atoms with Crippen LogP contribution in [0, 0.1) is 0 Å². The number of amides is 1. The molecule has 106 valence electrons. The second-order valence-corrected chi connectivity index (χ2v) is 7.59. The van der Waals surface area contributed by atoms with Crippen molar-refractivity contribution in [2.45, 2.75) is 51.8 Å². The normalized spacial score (nSPS) is 13.1. The highest BCUT2D eigenvalue weighted by molar-refractivity contribution is 8.01. The van der Waals surface area contributed by atoms with Crippen molar-refractivity contribution in [3.63, 3.8) is 0 Å². The summed E-state index contributed by atoms with van der Waals surface area (Å²) in [6.45, 7) is 10.5. The molecular weight excluding hydrogens is 254 g/mol. The van der Waals surface area contributed by atoms with Gasteiger partial charge in [0.05, 0.1) is 11.8 Å². The van der Waals surface area contributed by atoms with E-state index in [1.54, 1.807) is 11.8 Å². The van der Waals surface area contributed by atoms with Crippen LogP contribution in [0.5, 0.6) is 0 Å². The van der Waals surface area contributed by atoms with Crippen LogP contribution in [-0.4, -0.2) is 16.4 Å². The predicted molar refractivity (Wildman–Crippen MR) is 84.6 cm³/mol. The first kappa shape index (κ1) is 16.1. The van der Waals surface area contributed by atoms with Gasteiger partial charge in [-0.25, -0.2) is 0 Å². The topological polar surface area (TPSA) is 29.1 Å². The van der Waals surface area contributed by atoms with Gasteiger partial charge in [-0.05, 0) is 24.5 Å². The number of rotatable bonds is 5. The molecule has 0 radical (unpaired) electrons. The highest BCUT2D eigenvalue weighted by atomic mass is 32.2. The highest BCUT2D eigenvalue weighted by Gasteiger charge is 2.15. The van der Waals surface area contributed by atoms with Gasteiger partial charge in [-0.2, -0.15) is 0 Å². The molecule has 1 rings (SSSR count). The summed E-state index contributed by atoms with van der Waals surface area (Å²) in [7, 11) is 0. The molecule has 0 aromatic heterocycles. The largest absolute Gasteiger partial charge is 0.349 e. The van der Waals surface area contributed by atoms with Crippen LogP contribution in [-0.2, 0) is 11.2 Å². The zero-order valence-corrected chi connectivity index (χ0v) is 13.4. The van der Waals surface area contributed by atoms with E-state index in [1.807, 2.05) is 6.92 Å². The van der Waals surface area contributed by atoms with E-state index >= 15 is 0 Å². The second kappa shape index (κ2) is 6.99. The maximum atomic E-state index is 11.9. The van der Waals surface area contributed by atoms with Crippen molar-refractivity contribution >= 4 is 17.7 Å². The van der Waals surface area contributed by atoms with Gasteiger partial charge >= 0.3 is 0 Å². The fourth-order valence-corrected chi connectivity index (χ4v) is 2.34. The van der Waals surface area contributed by atoms with Crippen molar-refractivity contribution in [1.29, 1.82) is 0 Å². The third-order valence-electron chi connectivity index (χ3n) is 2.90. The van der Waals surface area contributed by atoms with Crippen LogP contribution >= 0.6 is 11.8 Å². The summed E-state index contributed by atoms with van der Waals surface area (Å²) in [6.07, 6.45) is 1.04. The van der Waals surface area contributed by atoms with Crippen molar-refractivity contribution < 1.29 is 4.79 Å². The van der Waals surface area contributed by atoms with Crippen LogP contribution < -0.4 is 5.32 Å². The lowest BCUT2D eigenvalue weighted by atomic mass is 10.1. The summed E-state index contributed by atoms with van der Waals surface area (Å²) in [4.78, 5) is 11.9. The van der Waals surface area contributed by atoms with E-state index in [-0.39, 0.29) is 16.7 Å². The van der Waals surface area contributed by atoms with E-state index in [0.29, 0.717) is 5.75 Å². The van der Waals surface area contributed by atoms with Gasteiger partial charge in [0.1, 0.15) is 0 Å². The Balaban J connectivity index is 2.49. The summed E-state index contributed by atoms with van der Waals surface area (Å²) >= 11 is 1.67. The molecule has 0 aliphatic carbocycles. The van der Waals surface area contributed by atoms with Crippen molar-refractivity contribution in [2.24, 2.45) is 0 Å². The molecule has 0 aliphatic rings. The quantitative estimate of drug-likeness (QED) is 0.884. The molecule has 2 nitrogen and oxygen atoms in total. The van der Waals surface area contributed by atoms with E-state index in [0.717, 1.165) is 12.0 Å². The van der Waals surface area contributed by atoms with Crippen LogP contribution in [0.2, 0.25) is 0 Å². The Hall–Kier alpha value is -0.960. The summed E-state index contributed by atoms with van der Waals surface area (Å²) in [6, 6.07) is 8.52. The molecule has 0 fully saturated rings. The molecule has 1 atom stereocenters. The maximum absolute atomic E-state index is 11.9. The molecule has 0 saturated carbocycles. The lowest BCUT2D eigenvalue weighted by Gasteiger charge is -2.19. The van der Waals surface area contributed by atoms with Crippen molar-refractivity contribution in [3.05, 3.63) is 35.4 Å². The fraction of sp³-hybridized carbons (Fsp3) is 0.562. The number of thioether (sulfide) groups is 1. The number of carbonyl (C=O) groups excluding carboxylic acids is 1. The van der Waals surface area contributed by atoms with Gasteiger partial charge in [-0.15, -0.1) is 11.8 Å². The SMILES string of the molecule is CCc1ccc(C(C)NC(=O)CSC(C)(C)C)cc1. The smallest absolute Gasteiger partial charge is 0.230 e. The standard InChI is InChI=1S/C16H25NOS/c1-6-13-7-9-14(10-8-13)12(2)17-15(18)11-19-16(3,4)5/h7-10,12H,6,11H2,1-5H3,(H,17,18). The Bertz CT molecular complexity index is 406. The Morgan fingerprint density at radius 3 is 2.32 bits per heavy atom. The van der Waals surface area contributed by atoms with Gasteiger partial charge in [0.25, 0.3) is 0 Å². The van der Waals surface area contributed by atoms with Gasteiger partial charge in [0.15, 0.2) is 0 Å². The highest BCUT2D eigenvalue weighted by Crippen LogP contribution is 2.23. The first-order chi connectivity index (χ1) is 8.81. The molecule has 19 heavy (non-hydrogen) atoms. The minimum absolute atomic E-state index is 0.0685. The van der Waals surface area contributed by atoms with Crippen molar-refractivity contribution in [1.82, 2.24) is 5.32 Å². The van der Waals surface area contributed by atoms with E-state index < -0.39 is 0 Å². The third kappa shape index (κ3) is 6.15. The molecular formula is C16H25NOS. The fourth-order valence-electron chi connectivity index (χ4n) is 1.69. The molecule has 0 saturated heterocycles. The Kier molecular flexibility index (Phi) is 5.92. The Morgan fingerprint density at radius 1 is 1.26 bits per heavy atom. The second-order valence-electron chi connectivity index (χ2n) is 5.79. The van der Waals surface area contributed by atoms with Gasteiger partial charge in [-0.1, -0.05) is 52.0 Å². The van der Waals surface area contributed by atoms with Crippen LogP contribution in [0.3, 0.4) is 0 Å². The van der Waals surface area contributed by atoms with Crippen LogP contribution in [0.25, 0.3) is 0 Å². The minimum Gasteiger partial charge on any atom is -0.349 e. The van der Waals surface area contributed by atoms with E-state index in [4.69, 9.17) is 0 Å². The van der Waals surface area contributed by atoms with E-state index in [2.05, 4.69) is 57.3 Å². The molecule has 0 aliphatic heterocycles. The number of hydrogen-bond acceptors (Lipinski definition) is 2. The van der Waals surface area contributed by atoms with Crippen molar-refractivity contribution in [3.8, 4) is 0 Å². The zero-order valence-electron chi connectivity index (χ0n) is 12.6. The third-order valence-corrected chi connectivity index (χ3v) is 4.17. The number of nitrogens with one attached hydrogen (secondary N) is 1. The van der Waals surface area contributed by atoms with Gasteiger partial charge < -0.3 is 5.32 Å². The Labute approximate surface area is 121 Å². The molecule has 3 heteroatoms. The predicted octanol–water partition coefficient (Wildman–Crippen LogP) is 3.96. The molecule has 1 amide bonds. The number of carbonyl (C=O) groups is 1. The maximum Gasteiger partial charge on any atom is 0.230 e. The van der Waals surface area contributed by atoms with Gasteiger partial charge in [-0.3, -0.25) is 4.79 Å². The summed E-state index contributed by atoms with van der Waals surface area (Å²) < 4.78 is 0.128. The average Bonchev–Trinajstić information content (AvgIpc) is 2.35. The summed E-state index contributed by atoms with van der Waals surface area (Å²) in [5.41, 5.74) is 2.48. The van der Waals surface area contributed by atoms with Crippen LogP contribution in [0.1, 0.15) is 51.8 Å². The molecule has 1 unspecified atom stereocenters. The van der Waals surface area contributed by atoms with Crippen LogP contribution in [0.4, 0.5) is 0 Å². The van der Waals surface area contributed by atoms with Gasteiger partial charge in [0, 0.05) is 4.75 Å². The minimum atomic E-state index is 0.0685. The first-order valence-corrected chi connectivity index (χ1v) is 7.82. The zero-order chi connectivity index (χ0) is 14.5. The number of hydrogen-bond donors (Lipinski definition) is 1. The van der Waals surface area contributed by atoms with Crippen LogP contribution in [0.15, 0.2) is 24.3 Å². The average molecular weight is 279 g/mol. The summed E-state index contributed by atoms with van der Waals surface area (Å²) in [5, 5.41) is 3.05. The van der Waals surface area contributed by atoms with E-state index in [1.165, 1.54) is 5.56 Å².